The Balaban J connectivity index is 1.65. The number of hydrogen-bond donors (Lipinski definition) is 1. The Kier molecular flexibility index (Phi) is 5.48. The monoisotopic (exact) mass is 577 g/mol. The van der Waals surface area contributed by atoms with E-state index in [-0.39, 0.29) is 22.7 Å². The molecule has 3 aromatic rings. The topological polar surface area (TPSA) is 103 Å². The zero-order valence-corrected chi connectivity index (χ0v) is 18.8. The van der Waals surface area contributed by atoms with Crippen LogP contribution < -0.4 is 15.5 Å². The number of hydrogen-bond acceptors (Lipinski definition) is 5. The molecule has 0 unspecified atom stereocenters. The molecule has 1 aliphatic rings. The van der Waals surface area contributed by atoms with E-state index < -0.39 is 17.8 Å². The van der Waals surface area contributed by atoms with Crippen LogP contribution >= 0.6 is 38.5 Å². The normalized spacial score (nSPS) is 15.0. The van der Waals surface area contributed by atoms with Crippen molar-refractivity contribution in [2.24, 2.45) is 0 Å². The summed E-state index contributed by atoms with van der Waals surface area (Å²) >= 11 is 5.37. The van der Waals surface area contributed by atoms with Gasteiger partial charge in [-0.3, -0.25) is 15.0 Å². The molecule has 0 atom stereocenters. The molecule has 7 nitrogen and oxygen atoms in total. The van der Waals surface area contributed by atoms with E-state index in [2.05, 4.69) is 43.9 Å². The molecule has 0 aliphatic carbocycles. The molecule has 150 valence electrons. The van der Waals surface area contributed by atoms with E-state index in [0.29, 0.717) is 15.7 Å². The van der Waals surface area contributed by atoms with Crippen LogP contribution in [0, 0.1) is 3.57 Å². The quantitative estimate of drug-likeness (QED) is 0.292. The number of nitrogens with zero attached hydrogens (tertiary/aromatic N) is 1. The molecule has 9 heteroatoms. The van der Waals surface area contributed by atoms with Crippen molar-refractivity contribution in [3.8, 4) is 11.3 Å². The summed E-state index contributed by atoms with van der Waals surface area (Å²) in [6, 6.07) is 14.9. The lowest BCUT2D eigenvalue weighted by Gasteiger charge is -2.14. The third-order valence-electron chi connectivity index (χ3n) is 4.36. The Hall–Kier alpha value is -2.92. The lowest BCUT2D eigenvalue weighted by Crippen LogP contribution is -2.35. The minimum atomic E-state index is -1.35. The van der Waals surface area contributed by atoms with Gasteiger partial charge in [0, 0.05) is 19.2 Å². The zero-order valence-electron chi connectivity index (χ0n) is 15.0. The first-order valence-electron chi connectivity index (χ1n) is 8.57. The number of carboxylic acid groups (broad SMARTS) is 1. The first-order chi connectivity index (χ1) is 14.3. The number of amides is 2. The highest BCUT2D eigenvalue weighted by Crippen LogP contribution is 2.29. The predicted molar refractivity (Wildman–Crippen MR) is 119 cm³/mol. The molecular formula is C21H11BrIN2O5-. The van der Waals surface area contributed by atoms with Gasteiger partial charge in [0.2, 0.25) is 0 Å². The maximum atomic E-state index is 12.7. The van der Waals surface area contributed by atoms with Gasteiger partial charge in [-0.2, -0.15) is 0 Å². The summed E-state index contributed by atoms with van der Waals surface area (Å²) in [6.07, 6.45) is 1.32. The molecule has 1 N–H and O–H groups in total. The number of carboxylic acids is 1. The Bertz CT molecular complexity index is 1220. The second kappa shape index (κ2) is 8.07. The van der Waals surface area contributed by atoms with Crippen LogP contribution in [-0.2, 0) is 9.59 Å². The molecule has 0 bridgehead atoms. The maximum Gasteiger partial charge on any atom is 0.282 e. The van der Waals surface area contributed by atoms with E-state index in [0.717, 1.165) is 8.58 Å². The SMILES string of the molecule is O=C1NN(c2ccc(I)cc2)C(=O)/C1=C\c1ccc(-c2ccc(Br)cc2C(=O)[O-])o1. The van der Waals surface area contributed by atoms with Crippen LogP contribution in [0.4, 0.5) is 5.69 Å². The summed E-state index contributed by atoms with van der Waals surface area (Å²) in [7, 11) is 0. The summed E-state index contributed by atoms with van der Waals surface area (Å²) in [5, 5.41) is 12.6. The van der Waals surface area contributed by atoms with Crippen LogP contribution in [0.2, 0.25) is 0 Å². The van der Waals surface area contributed by atoms with E-state index in [1.807, 2.05) is 12.1 Å². The Morgan fingerprint density at radius 1 is 1.10 bits per heavy atom. The van der Waals surface area contributed by atoms with Gasteiger partial charge in [-0.1, -0.05) is 15.9 Å². The van der Waals surface area contributed by atoms with Crippen LogP contribution in [0.1, 0.15) is 16.1 Å². The van der Waals surface area contributed by atoms with E-state index in [1.165, 1.54) is 12.1 Å². The summed E-state index contributed by atoms with van der Waals surface area (Å²) in [5.74, 6) is -1.91. The molecule has 0 radical (unpaired) electrons. The first-order valence-corrected chi connectivity index (χ1v) is 10.4. The molecule has 30 heavy (non-hydrogen) atoms. The predicted octanol–water partition coefficient (Wildman–Crippen LogP) is 3.14. The number of furan rings is 1. The van der Waals surface area contributed by atoms with Crippen LogP contribution in [0.3, 0.4) is 0 Å². The number of benzene rings is 2. The molecule has 1 fully saturated rings. The second-order valence-electron chi connectivity index (χ2n) is 6.30. The molecule has 0 saturated carbocycles. The van der Waals surface area contributed by atoms with Crippen LogP contribution in [0.15, 0.2) is 69.1 Å². The highest BCUT2D eigenvalue weighted by Gasteiger charge is 2.34. The Labute approximate surface area is 192 Å². The largest absolute Gasteiger partial charge is 0.545 e. The molecular weight excluding hydrogens is 567 g/mol. The van der Waals surface area contributed by atoms with E-state index in [9.17, 15) is 19.5 Å². The highest BCUT2D eigenvalue weighted by atomic mass is 127. The number of hydrazine groups is 1. The van der Waals surface area contributed by atoms with Crippen LogP contribution in [-0.4, -0.2) is 17.8 Å². The van der Waals surface area contributed by atoms with Crippen molar-refractivity contribution in [2.75, 3.05) is 5.01 Å². The maximum absolute atomic E-state index is 12.7. The summed E-state index contributed by atoms with van der Waals surface area (Å²) in [4.78, 5) is 36.4. The average molecular weight is 578 g/mol. The standard InChI is InChI=1S/C21H12BrIN2O5/c22-11-1-7-15(16(9-11)21(28)29)18-8-6-14(30-18)10-17-19(26)24-25(20(17)27)13-4-2-12(23)3-5-13/h1-10H,(H,24,26)(H,28,29)/p-1/b17-10-. The van der Waals surface area contributed by atoms with Gasteiger partial charge in [0.05, 0.1) is 11.7 Å². The third kappa shape index (κ3) is 3.90. The fourth-order valence-electron chi connectivity index (χ4n) is 2.95. The molecule has 4 rings (SSSR count). The minimum Gasteiger partial charge on any atom is -0.545 e. The summed E-state index contributed by atoms with van der Waals surface area (Å²) in [6.45, 7) is 0. The van der Waals surface area contributed by atoms with Crippen molar-refractivity contribution >= 4 is 68.1 Å². The number of halogens is 2. The van der Waals surface area contributed by atoms with E-state index in [4.69, 9.17) is 4.42 Å². The summed E-state index contributed by atoms with van der Waals surface area (Å²) in [5.41, 5.74) is 3.24. The third-order valence-corrected chi connectivity index (χ3v) is 5.57. The van der Waals surface area contributed by atoms with Gasteiger partial charge in [0.15, 0.2) is 0 Å². The lowest BCUT2D eigenvalue weighted by molar-refractivity contribution is -0.255. The Morgan fingerprint density at radius 2 is 1.83 bits per heavy atom. The molecule has 2 heterocycles. The molecule has 1 aliphatic heterocycles. The van der Waals surface area contributed by atoms with Crippen molar-refractivity contribution in [2.45, 2.75) is 0 Å². The molecule has 2 amide bonds. The second-order valence-corrected chi connectivity index (χ2v) is 8.46. The number of carbonyl (C=O) groups is 3. The number of nitrogens with one attached hydrogen (secondary N) is 1. The number of anilines is 1. The van der Waals surface area contributed by atoms with Gasteiger partial charge in [-0.25, -0.2) is 5.01 Å². The number of carbonyl (C=O) groups excluding carboxylic acids is 3. The smallest absolute Gasteiger partial charge is 0.282 e. The van der Waals surface area contributed by atoms with Gasteiger partial charge in [0.1, 0.15) is 17.1 Å². The average Bonchev–Trinajstić information content (AvgIpc) is 3.29. The fraction of sp³-hybridized carbons (Fsp3) is 0. The van der Waals surface area contributed by atoms with E-state index >= 15 is 0 Å². The lowest BCUT2D eigenvalue weighted by atomic mass is 10.1. The fourth-order valence-corrected chi connectivity index (χ4v) is 3.67. The van der Waals surface area contributed by atoms with Crippen LogP contribution in [0.5, 0.6) is 0 Å². The van der Waals surface area contributed by atoms with Crippen molar-refractivity contribution < 1.29 is 23.9 Å². The van der Waals surface area contributed by atoms with E-state index in [1.54, 1.807) is 36.4 Å². The van der Waals surface area contributed by atoms with Crippen LogP contribution in [0.25, 0.3) is 17.4 Å². The minimum absolute atomic E-state index is 0.0440. The van der Waals surface area contributed by atoms with Gasteiger partial charge < -0.3 is 14.3 Å². The van der Waals surface area contributed by atoms with Crippen molar-refractivity contribution in [3.63, 3.8) is 0 Å². The van der Waals surface area contributed by atoms with Gasteiger partial charge in [0.25, 0.3) is 11.8 Å². The van der Waals surface area contributed by atoms with Gasteiger partial charge >= 0.3 is 0 Å². The summed E-state index contributed by atoms with van der Waals surface area (Å²) < 4.78 is 7.26. The van der Waals surface area contributed by atoms with Crippen molar-refractivity contribution in [1.29, 1.82) is 0 Å². The molecule has 1 aromatic heterocycles. The van der Waals surface area contributed by atoms with Gasteiger partial charge in [-0.15, -0.1) is 0 Å². The zero-order chi connectivity index (χ0) is 21.4. The van der Waals surface area contributed by atoms with Gasteiger partial charge in [-0.05, 0) is 83.3 Å². The molecule has 2 aromatic carbocycles. The number of aromatic carboxylic acids is 1. The Morgan fingerprint density at radius 3 is 2.53 bits per heavy atom. The number of rotatable bonds is 4. The molecule has 0 spiro atoms. The highest BCUT2D eigenvalue weighted by molar-refractivity contribution is 14.1. The van der Waals surface area contributed by atoms with Crippen molar-refractivity contribution in [1.82, 2.24) is 5.43 Å². The van der Waals surface area contributed by atoms with Crippen molar-refractivity contribution in [3.05, 3.63) is 79.5 Å². The first kappa shape index (κ1) is 20.4. The molecule has 1 saturated heterocycles.